The Kier molecular flexibility index (Phi) is 5.34. The van der Waals surface area contributed by atoms with Crippen LogP contribution in [0, 0.1) is 0 Å². The van der Waals surface area contributed by atoms with E-state index in [0.717, 1.165) is 12.1 Å². The van der Waals surface area contributed by atoms with Gasteiger partial charge in [0.2, 0.25) is 10.0 Å². The van der Waals surface area contributed by atoms with Gasteiger partial charge in [0.15, 0.2) is 0 Å². The van der Waals surface area contributed by atoms with E-state index in [2.05, 4.69) is 4.72 Å². The molecule has 0 amide bonds. The van der Waals surface area contributed by atoms with Crippen LogP contribution in [0.25, 0.3) is 6.08 Å². The summed E-state index contributed by atoms with van der Waals surface area (Å²) in [7, 11) is 0.641. The number of quaternary nitrogens is 1. The molecular formula is C12H19N2O2S+. The first kappa shape index (κ1) is 13.9. The number of hydrogen-bond donors (Lipinski definition) is 2. The van der Waals surface area contributed by atoms with Crippen LogP contribution < -0.4 is 9.62 Å². The van der Waals surface area contributed by atoms with E-state index < -0.39 is 10.0 Å². The number of sulfonamides is 1. The molecule has 1 aromatic rings. The highest BCUT2D eigenvalue weighted by atomic mass is 32.2. The van der Waals surface area contributed by atoms with Crippen LogP contribution in [0.15, 0.2) is 35.7 Å². The first-order valence-corrected chi connectivity index (χ1v) is 7.06. The second-order valence-corrected chi connectivity index (χ2v) is 5.76. The number of benzene rings is 1. The lowest BCUT2D eigenvalue weighted by atomic mass is 10.2. The summed E-state index contributed by atoms with van der Waals surface area (Å²) >= 11 is 0. The molecule has 1 aromatic carbocycles. The van der Waals surface area contributed by atoms with E-state index in [-0.39, 0.29) is 0 Å². The highest BCUT2D eigenvalue weighted by Crippen LogP contribution is 2.02. The van der Waals surface area contributed by atoms with Gasteiger partial charge in [-0.15, -0.1) is 0 Å². The number of nitrogens with one attached hydrogen (secondary N) is 2. The predicted molar refractivity (Wildman–Crippen MR) is 70.1 cm³/mol. The molecule has 4 nitrogen and oxygen atoms in total. The third-order valence-corrected chi connectivity index (χ3v) is 3.27. The Hall–Kier alpha value is -1.17. The lowest BCUT2D eigenvalue weighted by molar-refractivity contribution is -0.856. The SMILES string of the molecule is C[NH+](C)CCNS(=O)(=O)/C=C/c1ccccc1. The molecule has 2 N–H and O–H groups in total. The van der Waals surface area contributed by atoms with Gasteiger partial charge in [0.05, 0.1) is 27.2 Å². The molecule has 0 aliphatic carbocycles. The Bertz CT molecular complexity index is 453. The maximum Gasteiger partial charge on any atom is 0.233 e. The van der Waals surface area contributed by atoms with E-state index in [1.807, 2.05) is 44.4 Å². The van der Waals surface area contributed by atoms with Gasteiger partial charge in [0, 0.05) is 5.41 Å². The second-order valence-electron chi connectivity index (χ2n) is 4.11. The molecule has 0 heterocycles. The molecule has 1 rings (SSSR count). The van der Waals surface area contributed by atoms with Crippen molar-refractivity contribution in [2.75, 3.05) is 27.2 Å². The Labute approximate surface area is 103 Å². The fourth-order valence-corrected chi connectivity index (χ4v) is 2.04. The van der Waals surface area contributed by atoms with Gasteiger partial charge < -0.3 is 4.90 Å². The van der Waals surface area contributed by atoms with Gasteiger partial charge in [-0.05, 0) is 11.6 Å². The third-order valence-electron chi connectivity index (χ3n) is 2.17. The van der Waals surface area contributed by atoms with Crippen molar-refractivity contribution in [2.24, 2.45) is 0 Å². The molecule has 0 unspecified atom stereocenters. The van der Waals surface area contributed by atoms with Crippen molar-refractivity contribution in [3.63, 3.8) is 0 Å². The van der Waals surface area contributed by atoms with E-state index in [4.69, 9.17) is 0 Å². The highest BCUT2D eigenvalue weighted by molar-refractivity contribution is 7.92. The van der Waals surface area contributed by atoms with Gasteiger partial charge in [0.1, 0.15) is 0 Å². The molecule has 0 spiro atoms. The van der Waals surface area contributed by atoms with Crippen molar-refractivity contribution in [2.45, 2.75) is 0 Å². The highest BCUT2D eigenvalue weighted by Gasteiger charge is 2.04. The van der Waals surface area contributed by atoms with E-state index in [1.165, 1.54) is 10.3 Å². The smallest absolute Gasteiger partial charge is 0.233 e. The van der Waals surface area contributed by atoms with Gasteiger partial charge in [-0.2, -0.15) is 0 Å². The zero-order valence-electron chi connectivity index (χ0n) is 10.2. The Morgan fingerprint density at radius 3 is 2.47 bits per heavy atom. The topological polar surface area (TPSA) is 50.6 Å². The maximum absolute atomic E-state index is 11.6. The van der Waals surface area contributed by atoms with Crippen molar-refractivity contribution >= 4 is 16.1 Å². The normalized spacial score (nSPS) is 12.4. The lowest BCUT2D eigenvalue weighted by Crippen LogP contribution is -3.06. The molecular weight excluding hydrogens is 236 g/mol. The van der Waals surface area contributed by atoms with Crippen molar-refractivity contribution in [1.82, 2.24) is 4.72 Å². The summed E-state index contributed by atoms with van der Waals surface area (Å²) in [5, 5.41) is 1.20. The molecule has 0 aliphatic heterocycles. The molecule has 0 saturated heterocycles. The van der Waals surface area contributed by atoms with Gasteiger partial charge in [-0.25, -0.2) is 13.1 Å². The van der Waals surface area contributed by atoms with Crippen LogP contribution in [-0.2, 0) is 10.0 Å². The minimum atomic E-state index is -3.32. The van der Waals surface area contributed by atoms with Crippen LogP contribution in [0.4, 0.5) is 0 Å². The minimum Gasteiger partial charge on any atom is -0.339 e. The van der Waals surface area contributed by atoms with Crippen LogP contribution in [0.1, 0.15) is 5.56 Å². The fraction of sp³-hybridized carbons (Fsp3) is 0.333. The van der Waals surface area contributed by atoms with E-state index in [0.29, 0.717) is 6.54 Å². The van der Waals surface area contributed by atoms with Crippen LogP contribution >= 0.6 is 0 Å². The molecule has 94 valence electrons. The zero-order chi connectivity index (χ0) is 12.7. The summed E-state index contributed by atoms with van der Waals surface area (Å²) < 4.78 is 25.7. The van der Waals surface area contributed by atoms with Crippen LogP contribution in [0.2, 0.25) is 0 Å². The summed E-state index contributed by atoms with van der Waals surface area (Å²) in [4.78, 5) is 1.21. The predicted octanol–water partition coefficient (Wildman–Crippen LogP) is -0.279. The summed E-state index contributed by atoms with van der Waals surface area (Å²) in [6, 6.07) is 9.35. The zero-order valence-corrected chi connectivity index (χ0v) is 11.0. The van der Waals surface area contributed by atoms with E-state index in [1.54, 1.807) is 6.08 Å². The maximum atomic E-state index is 11.6. The van der Waals surface area contributed by atoms with E-state index >= 15 is 0 Å². The fourth-order valence-electron chi connectivity index (χ4n) is 1.22. The number of rotatable bonds is 6. The van der Waals surface area contributed by atoms with Crippen LogP contribution in [0.3, 0.4) is 0 Å². The number of likely N-dealkylation sites (N-methyl/N-ethyl adjacent to an activating group) is 1. The van der Waals surface area contributed by atoms with Gasteiger partial charge >= 0.3 is 0 Å². The Morgan fingerprint density at radius 2 is 1.88 bits per heavy atom. The van der Waals surface area contributed by atoms with Crippen LogP contribution in [0.5, 0.6) is 0 Å². The summed E-state index contributed by atoms with van der Waals surface area (Å²) in [5.74, 6) is 0. The Morgan fingerprint density at radius 1 is 1.24 bits per heavy atom. The standard InChI is InChI=1S/C12H18N2O2S/c1-14(2)10-9-13-17(15,16)11-8-12-6-4-3-5-7-12/h3-8,11,13H,9-10H2,1-2H3/p+1/b11-8+. The molecule has 5 heteroatoms. The van der Waals surface area contributed by atoms with Crippen molar-refractivity contribution < 1.29 is 13.3 Å². The minimum absolute atomic E-state index is 0.448. The first-order valence-electron chi connectivity index (χ1n) is 5.51. The first-order chi connectivity index (χ1) is 7.99. The molecule has 17 heavy (non-hydrogen) atoms. The molecule has 0 bridgehead atoms. The van der Waals surface area contributed by atoms with Crippen molar-refractivity contribution in [1.29, 1.82) is 0 Å². The molecule has 0 aromatic heterocycles. The van der Waals surface area contributed by atoms with Gasteiger partial charge in [-0.1, -0.05) is 30.3 Å². The monoisotopic (exact) mass is 255 g/mol. The van der Waals surface area contributed by atoms with E-state index in [9.17, 15) is 8.42 Å². The summed E-state index contributed by atoms with van der Waals surface area (Å²) in [6.45, 7) is 1.21. The quantitative estimate of drug-likeness (QED) is 0.735. The summed E-state index contributed by atoms with van der Waals surface area (Å²) in [5.41, 5.74) is 0.871. The molecule has 0 saturated carbocycles. The van der Waals surface area contributed by atoms with Gasteiger partial charge in [-0.3, -0.25) is 0 Å². The average Bonchev–Trinajstić information content (AvgIpc) is 2.27. The molecule has 0 atom stereocenters. The third kappa shape index (κ3) is 6.21. The van der Waals surface area contributed by atoms with Crippen molar-refractivity contribution in [3.05, 3.63) is 41.3 Å². The molecule has 0 radical (unpaired) electrons. The summed E-state index contributed by atoms with van der Waals surface area (Å²) in [6.07, 6.45) is 1.59. The average molecular weight is 255 g/mol. The molecule has 0 aliphatic rings. The van der Waals surface area contributed by atoms with Gasteiger partial charge in [0.25, 0.3) is 0 Å². The second kappa shape index (κ2) is 6.54. The van der Waals surface area contributed by atoms with Crippen LogP contribution in [-0.4, -0.2) is 35.6 Å². The molecule has 0 fully saturated rings. The largest absolute Gasteiger partial charge is 0.339 e. The lowest BCUT2D eigenvalue weighted by Gasteiger charge is -2.06. The number of hydrogen-bond acceptors (Lipinski definition) is 2. The van der Waals surface area contributed by atoms with Crippen molar-refractivity contribution in [3.8, 4) is 0 Å². The Balaban J connectivity index is 2.52.